The minimum absolute atomic E-state index is 0.565. The summed E-state index contributed by atoms with van der Waals surface area (Å²) in [7, 11) is 0. The number of nitrogens with two attached hydrogens (primary N) is 1. The molecule has 8 nitrogen and oxygen atoms in total. The van der Waals surface area contributed by atoms with Crippen molar-refractivity contribution in [2.24, 2.45) is 5.73 Å². The SMILES string of the molecule is NC(=O)c1cc(C(=O)O)c(C(=O)O)cc1C(=O)O.c1ccc2c(c1)-c1ccccc1-2. The zero-order valence-corrected chi connectivity index (χ0v) is 15.3. The van der Waals surface area contributed by atoms with Gasteiger partial charge in [0.2, 0.25) is 5.91 Å². The molecule has 0 saturated carbocycles. The molecule has 8 heteroatoms. The van der Waals surface area contributed by atoms with Gasteiger partial charge in [-0.2, -0.15) is 0 Å². The number of hydrogen-bond donors (Lipinski definition) is 4. The molecule has 0 saturated heterocycles. The van der Waals surface area contributed by atoms with Gasteiger partial charge in [-0.25, -0.2) is 14.4 Å². The van der Waals surface area contributed by atoms with Crippen LogP contribution in [0.25, 0.3) is 22.3 Å². The monoisotopic (exact) mass is 405 g/mol. The minimum atomic E-state index is -1.62. The quantitative estimate of drug-likeness (QED) is 0.406. The van der Waals surface area contributed by atoms with E-state index < -0.39 is 46.1 Å². The maximum Gasteiger partial charge on any atom is 0.336 e. The number of rotatable bonds is 4. The maximum absolute atomic E-state index is 11.0. The molecule has 0 atom stereocenters. The highest BCUT2D eigenvalue weighted by molar-refractivity contribution is 6.10. The second-order valence-corrected chi connectivity index (χ2v) is 6.31. The summed E-state index contributed by atoms with van der Waals surface area (Å²) in [5.41, 5.74) is 7.82. The van der Waals surface area contributed by atoms with Crippen LogP contribution in [-0.4, -0.2) is 39.1 Å². The Morgan fingerprint density at radius 2 is 0.800 bits per heavy atom. The molecule has 0 fully saturated rings. The first-order valence-electron chi connectivity index (χ1n) is 8.59. The van der Waals surface area contributed by atoms with Gasteiger partial charge in [0, 0.05) is 0 Å². The Morgan fingerprint density at radius 1 is 0.533 bits per heavy atom. The molecule has 0 unspecified atom stereocenters. The smallest absolute Gasteiger partial charge is 0.336 e. The van der Waals surface area contributed by atoms with Gasteiger partial charge >= 0.3 is 17.9 Å². The number of benzene rings is 3. The van der Waals surface area contributed by atoms with Crippen molar-refractivity contribution >= 4 is 23.8 Å². The van der Waals surface area contributed by atoms with E-state index in [1.54, 1.807) is 0 Å². The molecule has 0 radical (unpaired) electrons. The lowest BCUT2D eigenvalue weighted by atomic mass is 9.81. The molecule has 1 amide bonds. The molecule has 0 aliphatic heterocycles. The van der Waals surface area contributed by atoms with E-state index in [0.29, 0.717) is 12.1 Å². The van der Waals surface area contributed by atoms with E-state index in [4.69, 9.17) is 21.1 Å². The average molecular weight is 405 g/mol. The fourth-order valence-corrected chi connectivity index (χ4v) is 3.18. The van der Waals surface area contributed by atoms with E-state index >= 15 is 0 Å². The number of primary amides is 1. The summed E-state index contributed by atoms with van der Waals surface area (Å²) in [6.45, 7) is 0. The number of hydrogen-bond acceptors (Lipinski definition) is 4. The van der Waals surface area contributed by atoms with Crippen LogP contribution in [0.5, 0.6) is 0 Å². The summed E-state index contributed by atoms with van der Waals surface area (Å²) >= 11 is 0. The number of amides is 1. The molecule has 0 aromatic heterocycles. The van der Waals surface area contributed by atoms with Crippen LogP contribution >= 0.6 is 0 Å². The first kappa shape index (κ1) is 20.3. The third kappa shape index (κ3) is 3.61. The van der Waals surface area contributed by atoms with Crippen LogP contribution in [0.1, 0.15) is 41.4 Å². The second kappa shape index (κ2) is 7.88. The molecule has 3 aromatic carbocycles. The van der Waals surface area contributed by atoms with E-state index in [2.05, 4.69) is 48.5 Å². The fraction of sp³-hybridized carbons (Fsp3) is 0. The molecule has 0 heterocycles. The average Bonchev–Trinajstić information content (AvgIpc) is 2.71. The molecule has 5 N–H and O–H groups in total. The molecular formula is C22H15NO7. The Bertz CT molecular complexity index is 1020. The molecule has 4 rings (SSSR count). The fourth-order valence-electron chi connectivity index (χ4n) is 3.18. The Labute approximate surface area is 169 Å². The molecular weight excluding hydrogens is 390 g/mol. The molecule has 1 aliphatic carbocycles. The van der Waals surface area contributed by atoms with Crippen LogP contribution in [0.15, 0.2) is 60.7 Å². The van der Waals surface area contributed by atoms with E-state index in [1.165, 1.54) is 22.3 Å². The number of carbonyl (C=O) groups is 4. The van der Waals surface area contributed by atoms with Crippen LogP contribution in [0.3, 0.4) is 0 Å². The first-order valence-corrected chi connectivity index (χ1v) is 8.59. The Balaban J connectivity index is 0.000000182. The highest BCUT2D eigenvalue weighted by Crippen LogP contribution is 2.46. The third-order valence-corrected chi connectivity index (χ3v) is 4.55. The van der Waals surface area contributed by atoms with Gasteiger partial charge in [0.25, 0.3) is 0 Å². The lowest BCUT2D eigenvalue weighted by molar-refractivity contribution is 0.0648. The van der Waals surface area contributed by atoms with Gasteiger partial charge in [-0.3, -0.25) is 4.79 Å². The zero-order chi connectivity index (χ0) is 22.0. The summed E-state index contributed by atoms with van der Waals surface area (Å²) in [6.07, 6.45) is 0. The highest BCUT2D eigenvalue weighted by Gasteiger charge is 2.24. The Hall–Kier alpha value is -4.46. The summed E-state index contributed by atoms with van der Waals surface area (Å²) < 4.78 is 0. The van der Waals surface area contributed by atoms with Gasteiger partial charge in [0.05, 0.1) is 22.3 Å². The molecule has 150 valence electrons. The van der Waals surface area contributed by atoms with Crippen LogP contribution < -0.4 is 5.73 Å². The summed E-state index contributed by atoms with van der Waals surface area (Å²) in [5, 5.41) is 26.4. The van der Waals surface area contributed by atoms with Crippen molar-refractivity contribution in [3.63, 3.8) is 0 Å². The van der Waals surface area contributed by atoms with Crippen LogP contribution in [0, 0.1) is 0 Å². The number of carboxylic acid groups (broad SMARTS) is 3. The van der Waals surface area contributed by atoms with Crippen LogP contribution in [-0.2, 0) is 0 Å². The molecule has 30 heavy (non-hydrogen) atoms. The second-order valence-electron chi connectivity index (χ2n) is 6.31. The van der Waals surface area contributed by atoms with E-state index in [1.807, 2.05) is 0 Å². The van der Waals surface area contributed by atoms with E-state index in [0.717, 1.165) is 0 Å². The van der Waals surface area contributed by atoms with Crippen LogP contribution in [0.4, 0.5) is 0 Å². The molecule has 3 aromatic rings. The number of aromatic carboxylic acids is 3. The molecule has 0 bridgehead atoms. The van der Waals surface area contributed by atoms with E-state index in [-0.39, 0.29) is 0 Å². The van der Waals surface area contributed by atoms with Crippen molar-refractivity contribution in [2.75, 3.05) is 0 Å². The van der Waals surface area contributed by atoms with Crippen molar-refractivity contribution in [1.82, 2.24) is 0 Å². The third-order valence-electron chi connectivity index (χ3n) is 4.55. The van der Waals surface area contributed by atoms with Crippen molar-refractivity contribution in [3.8, 4) is 22.3 Å². The molecule has 0 spiro atoms. The summed E-state index contributed by atoms with van der Waals surface area (Å²) in [5.74, 6) is -5.96. The maximum atomic E-state index is 11.0. The number of fused-ring (bicyclic) bond motifs is 4. The van der Waals surface area contributed by atoms with Crippen molar-refractivity contribution in [1.29, 1.82) is 0 Å². The van der Waals surface area contributed by atoms with Crippen LogP contribution in [0.2, 0.25) is 0 Å². The van der Waals surface area contributed by atoms with Gasteiger partial charge in [-0.1, -0.05) is 48.5 Å². The van der Waals surface area contributed by atoms with E-state index in [9.17, 15) is 19.2 Å². The Morgan fingerprint density at radius 3 is 1.07 bits per heavy atom. The highest BCUT2D eigenvalue weighted by atomic mass is 16.4. The van der Waals surface area contributed by atoms with Gasteiger partial charge in [-0.15, -0.1) is 0 Å². The van der Waals surface area contributed by atoms with Gasteiger partial charge in [-0.05, 0) is 34.4 Å². The van der Waals surface area contributed by atoms with Crippen molar-refractivity contribution in [3.05, 3.63) is 82.9 Å². The van der Waals surface area contributed by atoms with Gasteiger partial charge in [0.1, 0.15) is 0 Å². The number of carbonyl (C=O) groups excluding carboxylic acids is 1. The summed E-state index contributed by atoms with van der Waals surface area (Å²) in [6, 6.07) is 18.3. The normalized spacial score (nSPS) is 10.4. The lowest BCUT2D eigenvalue weighted by Crippen LogP contribution is -2.20. The predicted molar refractivity (Wildman–Crippen MR) is 107 cm³/mol. The first-order chi connectivity index (χ1) is 14.2. The predicted octanol–water partition coefficient (Wildman–Crippen LogP) is 3.21. The summed E-state index contributed by atoms with van der Waals surface area (Å²) in [4.78, 5) is 43.5. The zero-order valence-electron chi connectivity index (χ0n) is 15.3. The standard InChI is InChI=1S/C12H8.C10H7NO7/c1-2-6-10-9(5-1)11-7-3-4-8-12(10)11;11-7(12)3-1-5(9(15)16)6(10(17)18)2-4(3)8(13)14/h1-8H;1-2H,(H2,11,12)(H,13,14)(H,15,16)(H,17,18). The number of carboxylic acids is 3. The van der Waals surface area contributed by atoms with Gasteiger partial charge < -0.3 is 21.1 Å². The topological polar surface area (TPSA) is 155 Å². The van der Waals surface area contributed by atoms with Crippen molar-refractivity contribution in [2.45, 2.75) is 0 Å². The molecule has 1 aliphatic rings. The largest absolute Gasteiger partial charge is 0.478 e. The van der Waals surface area contributed by atoms with Crippen molar-refractivity contribution < 1.29 is 34.5 Å². The minimum Gasteiger partial charge on any atom is -0.478 e. The van der Waals surface area contributed by atoms with Gasteiger partial charge in [0.15, 0.2) is 0 Å². The Kier molecular flexibility index (Phi) is 5.33. The lowest BCUT2D eigenvalue weighted by Gasteiger charge is -2.22.